The lowest BCUT2D eigenvalue weighted by Crippen LogP contribution is -2.44. The average molecular weight is 584 g/mol. The van der Waals surface area contributed by atoms with Crippen LogP contribution in [-0.4, -0.2) is 46.3 Å². The lowest BCUT2D eigenvalue weighted by Gasteiger charge is -2.36. The van der Waals surface area contributed by atoms with Gasteiger partial charge in [-0.05, 0) is 118 Å². The molecule has 0 aliphatic heterocycles. The van der Waals surface area contributed by atoms with Gasteiger partial charge in [-0.3, -0.25) is 19.2 Å². The van der Waals surface area contributed by atoms with Crippen LogP contribution in [0.15, 0.2) is 48.9 Å². The molecular weight excluding hydrogens is 538 g/mol. The van der Waals surface area contributed by atoms with Crippen molar-refractivity contribution in [2.24, 2.45) is 11.8 Å². The molecule has 0 unspecified atom stereocenters. The summed E-state index contributed by atoms with van der Waals surface area (Å²) in [5.74, 6) is 2.77. The Morgan fingerprint density at radius 2 is 1.74 bits per heavy atom. The van der Waals surface area contributed by atoms with Gasteiger partial charge in [0.05, 0.1) is 19.3 Å². The van der Waals surface area contributed by atoms with Gasteiger partial charge in [0, 0.05) is 43.4 Å². The molecule has 0 spiro atoms. The molecular formula is C35H45N5O3. The van der Waals surface area contributed by atoms with Gasteiger partial charge in [0.1, 0.15) is 11.6 Å². The van der Waals surface area contributed by atoms with Gasteiger partial charge in [-0.2, -0.15) is 5.10 Å². The Hall–Kier alpha value is -3.68. The average Bonchev–Trinajstić information content (AvgIpc) is 3.76. The highest BCUT2D eigenvalue weighted by atomic mass is 16.5. The van der Waals surface area contributed by atoms with Crippen LogP contribution in [0.3, 0.4) is 0 Å². The van der Waals surface area contributed by atoms with E-state index >= 15 is 0 Å². The number of aromatic nitrogens is 3. The fraction of sp³-hybridized carbons (Fsp3) is 0.543. The molecule has 3 aliphatic carbocycles. The Bertz CT molecular complexity index is 1430. The van der Waals surface area contributed by atoms with E-state index in [1.807, 2.05) is 23.4 Å². The predicted molar refractivity (Wildman–Crippen MR) is 168 cm³/mol. The minimum Gasteiger partial charge on any atom is -0.496 e. The van der Waals surface area contributed by atoms with Crippen molar-refractivity contribution >= 4 is 17.6 Å². The van der Waals surface area contributed by atoms with Crippen LogP contribution >= 0.6 is 0 Å². The quantitative estimate of drug-likeness (QED) is 0.307. The van der Waals surface area contributed by atoms with E-state index in [4.69, 9.17) is 9.72 Å². The zero-order valence-corrected chi connectivity index (χ0v) is 25.8. The van der Waals surface area contributed by atoms with Gasteiger partial charge in [-0.15, -0.1) is 0 Å². The fourth-order valence-electron chi connectivity index (χ4n) is 7.15. The maximum atomic E-state index is 14.2. The Morgan fingerprint density at radius 3 is 2.42 bits per heavy atom. The molecule has 0 radical (unpaired) electrons. The highest BCUT2D eigenvalue weighted by Gasteiger charge is 2.33. The van der Waals surface area contributed by atoms with Crippen molar-refractivity contribution in [3.8, 4) is 16.9 Å². The second kappa shape index (κ2) is 12.9. The van der Waals surface area contributed by atoms with Crippen LogP contribution in [-0.2, 0) is 9.59 Å². The molecule has 228 valence electrons. The number of anilines is 1. The number of aryl methyl sites for hydroxylation is 1. The van der Waals surface area contributed by atoms with Crippen molar-refractivity contribution in [3.05, 3.63) is 60.0 Å². The van der Waals surface area contributed by atoms with Crippen molar-refractivity contribution in [1.82, 2.24) is 20.1 Å². The number of carbonyl (C=O) groups excluding carboxylic acids is 2. The Morgan fingerprint density at radius 1 is 0.977 bits per heavy atom. The van der Waals surface area contributed by atoms with Crippen molar-refractivity contribution in [2.45, 2.75) is 96.1 Å². The van der Waals surface area contributed by atoms with Crippen molar-refractivity contribution in [1.29, 1.82) is 0 Å². The van der Waals surface area contributed by atoms with Gasteiger partial charge >= 0.3 is 0 Å². The fourth-order valence-corrected chi connectivity index (χ4v) is 7.15. The first-order valence-corrected chi connectivity index (χ1v) is 16.1. The molecule has 1 N–H and O–H groups in total. The van der Waals surface area contributed by atoms with Crippen molar-refractivity contribution in [2.75, 3.05) is 18.6 Å². The van der Waals surface area contributed by atoms with E-state index in [1.165, 1.54) is 24.0 Å². The summed E-state index contributed by atoms with van der Waals surface area (Å²) in [4.78, 5) is 32.5. The number of methoxy groups -OCH3 is 1. The molecule has 2 heterocycles. The number of carbonyl (C=O) groups is 2. The maximum Gasteiger partial charge on any atom is 0.231 e. The number of nitrogens with one attached hydrogen (secondary N) is 1. The number of rotatable bonds is 9. The molecule has 0 atom stereocenters. The molecule has 2 aromatic heterocycles. The first-order valence-electron chi connectivity index (χ1n) is 16.1. The SMILES string of the molecule is COc1ccc(C2CCC(CN(C(=O)C3CCC(NC(C)=O)CC3)c3cc(-c4cnn(C5CC5)c4)ccn3)CC2)cc1C. The van der Waals surface area contributed by atoms with Gasteiger partial charge in [0.2, 0.25) is 11.8 Å². The van der Waals surface area contributed by atoms with Gasteiger partial charge in [-0.25, -0.2) is 4.98 Å². The van der Waals surface area contributed by atoms with Crippen LogP contribution in [0.1, 0.15) is 94.2 Å². The number of hydrogen-bond acceptors (Lipinski definition) is 5. The number of ether oxygens (including phenoxy) is 1. The summed E-state index contributed by atoms with van der Waals surface area (Å²) in [5.41, 5.74) is 4.68. The third-order valence-corrected chi connectivity index (χ3v) is 9.81. The van der Waals surface area contributed by atoms with Crippen LogP contribution in [0.5, 0.6) is 5.75 Å². The minimum atomic E-state index is -0.0494. The van der Waals surface area contributed by atoms with Gasteiger partial charge < -0.3 is 10.1 Å². The molecule has 3 fully saturated rings. The number of pyridine rings is 1. The number of hydrogen-bond donors (Lipinski definition) is 1. The summed E-state index contributed by atoms with van der Waals surface area (Å²) in [6.45, 7) is 4.37. The number of amides is 2. The van der Waals surface area contributed by atoms with E-state index in [2.05, 4.69) is 52.5 Å². The van der Waals surface area contributed by atoms with E-state index in [0.29, 0.717) is 24.4 Å². The summed E-state index contributed by atoms with van der Waals surface area (Å²) in [5, 5.41) is 7.63. The Kier molecular flexibility index (Phi) is 8.82. The molecule has 8 heteroatoms. The third-order valence-electron chi connectivity index (χ3n) is 9.81. The molecule has 3 aromatic rings. The van der Waals surface area contributed by atoms with Gasteiger partial charge in [0.25, 0.3) is 0 Å². The summed E-state index contributed by atoms with van der Waals surface area (Å²) < 4.78 is 7.53. The first-order chi connectivity index (χ1) is 20.9. The van der Waals surface area contributed by atoms with E-state index in [-0.39, 0.29) is 23.8 Å². The van der Waals surface area contributed by atoms with E-state index < -0.39 is 0 Å². The van der Waals surface area contributed by atoms with Crippen molar-refractivity contribution in [3.63, 3.8) is 0 Å². The lowest BCUT2D eigenvalue weighted by molar-refractivity contribution is -0.123. The molecule has 3 saturated carbocycles. The molecule has 0 saturated heterocycles. The summed E-state index contributed by atoms with van der Waals surface area (Å²) in [7, 11) is 1.72. The molecule has 0 bridgehead atoms. The molecule has 6 rings (SSSR count). The largest absolute Gasteiger partial charge is 0.496 e. The Balaban J connectivity index is 1.18. The summed E-state index contributed by atoms with van der Waals surface area (Å²) >= 11 is 0. The zero-order chi connectivity index (χ0) is 29.9. The second-order valence-corrected chi connectivity index (χ2v) is 13.0. The van der Waals surface area contributed by atoms with E-state index in [1.54, 1.807) is 14.0 Å². The van der Waals surface area contributed by atoms with Crippen LogP contribution < -0.4 is 15.0 Å². The smallest absolute Gasteiger partial charge is 0.231 e. The molecule has 3 aliphatic rings. The maximum absolute atomic E-state index is 14.2. The first kappa shape index (κ1) is 29.4. The predicted octanol–water partition coefficient (Wildman–Crippen LogP) is 6.60. The second-order valence-electron chi connectivity index (χ2n) is 13.0. The Labute approximate surface area is 255 Å². The highest BCUT2D eigenvalue weighted by Crippen LogP contribution is 2.39. The van der Waals surface area contributed by atoms with E-state index in [9.17, 15) is 9.59 Å². The van der Waals surface area contributed by atoms with Crippen LogP contribution in [0.2, 0.25) is 0 Å². The molecule has 8 nitrogen and oxygen atoms in total. The highest BCUT2D eigenvalue weighted by molar-refractivity contribution is 5.94. The summed E-state index contributed by atoms with van der Waals surface area (Å²) in [6, 6.07) is 11.4. The third kappa shape index (κ3) is 6.94. The monoisotopic (exact) mass is 583 g/mol. The number of benzene rings is 1. The van der Waals surface area contributed by atoms with E-state index in [0.717, 1.165) is 74.1 Å². The lowest BCUT2D eigenvalue weighted by atomic mass is 9.78. The van der Waals surface area contributed by atoms with Crippen LogP contribution in [0.25, 0.3) is 11.1 Å². The number of nitrogens with zero attached hydrogens (tertiary/aromatic N) is 4. The zero-order valence-electron chi connectivity index (χ0n) is 25.8. The standard InChI is InChI=1S/C35H45N5O3/c1-23-18-28(10-15-33(23)43-3)26-6-4-25(5-7-26)21-39(35(42)27-8-11-31(12-9-27)38-24(2)41)34-19-29(16-17-36-34)30-20-37-40(22-30)32-13-14-32/h10,15-20,22,25-27,31-32H,4-9,11-14,21H2,1-3H3,(H,38,41). The molecule has 43 heavy (non-hydrogen) atoms. The van der Waals surface area contributed by atoms with Gasteiger partial charge in [0.15, 0.2) is 0 Å². The normalized spacial score (nSPS) is 23.9. The minimum absolute atomic E-state index is 0.00262. The van der Waals surface area contributed by atoms with Crippen molar-refractivity contribution < 1.29 is 14.3 Å². The molecule has 2 amide bonds. The summed E-state index contributed by atoms with van der Waals surface area (Å²) in [6.07, 6.45) is 15.9. The van der Waals surface area contributed by atoms with Gasteiger partial charge in [-0.1, -0.05) is 12.1 Å². The topological polar surface area (TPSA) is 89.4 Å². The van der Waals surface area contributed by atoms with Crippen LogP contribution in [0, 0.1) is 18.8 Å². The molecule has 1 aromatic carbocycles. The van der Waals surface area contributed by atoms with Crippen LogP contribution in [0.4, 0.5) is 5.82 Å².